The summed E-state index contributed by atoms with van der Waals surface area (Å²) in [5.74, 6) is -1.37. The predicted molar refractivity (Wildman–Crippen MR) is 62.9 cm³/mol. The highest BCUT2D eigenvalue weighted by Crippen LogP contribution is 2.15. The fourth-order valence-electron chi connectivity index (χ4n) is 1.47. The second kappa shape index (κ2) is 5.29. The molecule has 0 aliphatic carbocycles. The van der Waals surface area contributed by atoms with E-state index in [4.69, 9.17) is 4.42 Å². The molecule has 1 aliphatic heterocycles. The molecule has 1 fully saturated rings. The Kier molecular flexibility index (Phi) is 3.55. The average Bonchev–Trinajstić information content (AvgIpc) is 2.87. The number of urea groups is 1. The van der Waals surface area contributed by atoms with Crippen LogP contribution in [0.5, 0.6) is 0 Å². The standard InChI is InChI=1S/C10H10N4O5/c15-7(8-2-3-9(19-8)14(17)18)6-12-13-5-1-4-11-10(13)16/h2-3,6H,1,4-5H2,(H,11,16)/b12-6+. The number of hydrogen-bond donors (Lipinski definition) is 1. The zero-order valence-electron chi connectivity index (χ0n) is 9.74. The van der Waals surface area contributed by atoms with Gasteiger partial charge in [0.15, 0.2) is 5.76 Å². The molecule has 1 aromatic heterocycles. The summed E-state index contributed by atoms with van der Waals surface area (Å²) in [6, 6.07) is 1.87. The molecule has 0 radical (unpaired) electrons. The molecule has 19 heavy (non-hydrogen) atoms. The Morgan fingerprint density at radius 2 is 2.37 bits per heavy atom. The summed E-state index contributed by atoms with van der Waals surface area (Å²) < 4.78 is 4.71. The number of nitrogens with zero attached hydrogens (tertiary/aromatic N) is 3. The van der Waals surface area contributed by atoms with Crippen LogP contribution in [0.15, 0.2) is 21.7 Å². The van der Waals surface area contributed by atoms with E-state index in [9.17, 15) is 19.7 Å². The summed E-state index contributed by atoms with van der Waals surface area (Å²) in [4.78, 5) is 32.6. The third kappa shape index (κ3) is 2.94. The molecule has 0 spiro atoms. The van der Waals surface area contributed by atoms with Gasteiger partial charge in [-0.2, -0.15) is 5.10 Å². The molecule has 100 valence electrons. The van der Waals surface area contributed by atoms with Gasteiger partial charge >= 0.3 is 11.9 Å². The zero-order chi connectivity index (χ0) is 13.8. The van der Waals surface area contributed by atoms with Crippen molar-refractivity contribution in [2.45, 2.75) is 6.42 Å². The number of furan rings is 1. The SMILES string of the molecule is O=C(/C=N/N1CCCNC1=O)c1ccc([N+](=O)[O-])o1. The van der Waals surface area contributed by atoms with Gasteiger partial charge in [-0.3, -0.25) is 14.9 Å². The molecule has 0 atom stereocenters. The topological polar surface area (TPSA) is 118 Å². The van der Waals surface area contributed by atoms with Crippen molar-refractivity contribution in [3.8, 4) is 0 Å². The molecule has 2 heterocycles. The van der Waals surface area contributed by atoms with Crippen molar-refractivity contribution < 1.29 is 18.9 Å². The van der Waals surface area contributed by atoms with Crippen molar-refractivity contribution in [3.05, 3.63) is 28.0 Å². The van der Waals surface area contributed by atoms with Gasteiger partial charge in [0.05, 0.1) is 12.3 Å². The molecule has 2 rings (SSSR count). The lowest BCUT2D eigenvalue weighted by molar-refractivity contribution is -0.402. The van der Waals surface area contributed by atoms with E-state index in [1.54, 1.807) is 0 Å². The van der Waals surface area contributed by atoms with E-state index in [2.05, 4.69) is 10.4 Å². The molecule has 0 unspecified atom stereocenters. The first-order valence-corrected chi connectivity index (χ1v) is 5.46. The number of hydrogen-bond acceptors (Lipinski definition) is 6. The van der Waals surface area contributed by atoms with E-state index in [0.717, 1.165) is 23.7 Å². The van der Waals surface area contributed by atoms with E-state index >= 15 is 0 Å². The lowest BCUT2D eigenvalue weighted by atomic mass is 10.3. The zero-order valence-corrected chi connectivity index (χ0v) is 9.74. The molecular weight excluding hydrogens is 256 g/mol. The maximum absolute atomic E-state index is 11.6. The van der Waals surface area contributed by atoms with Gasteiger partial charge in [-0.15, -0.1) is 0 Å². The van der Waals surface area contributed by atoms with Gasteiger partial charge in [-0.25, -0.2) is 9.80 Å². The number of carbonyl (C=O) groups is 2. The Morgan fingerprint density at radius 1 is 1.58 bits per heavy atom. The fourth-order valence-corrected chi connectivity index (χ4v) is 1.47. The molecule has 0 aromatic carbocycles. The van der Waals surface area contributed by atoms with Crippen molar-refractivity contribution >= 4 is 23.9 Å². The van der Waals surface area contributed by atoms with Crippen molar-refractivity contribution in [3.63, 3.8) is 0 Å². The minimum Gasteiger partial charge on any atom is -0.397 e. The van der Waals surface area contributed by atoms with Crippen LogP contribution in [0.1, 0.15) is 17.0 Å². The van der Waals surface area contributed by atoms with Gasteiger partial charge in [0.1, 0.15) is 4.92 Å². The molecule has 2 amide bonds. The second-order valence-corrected chi connectivity index (χ2v) is 3.71. The van der Waals surface area contributed by atoms with Crippen molar-refractivity contribution in [2.75, 3.05) is 13.1 Å². The predicted octanol–water partition coefficient (Wildman–Crippen LogP) is 0.772. The summed E-state index contributed by atoms with van der Waals surface area (Å²) in [5, 5.41) is 17.8. The van der Waals surface area contributed by atoms with Crippen LogP contribution in [0.3, 0.4) is 0 Å². The van der Waals surface area contributed by atoms with E-state index in [1.807, 2.05) is 0 Å². The van der Waals surface area contributed by atoms with Crippen LogP contribution in [0, 0.1) is 10.1 Å². The molecule has 1 saturated heterocycles. The third-order valence-corrected chi connectivity index (χ3v) is 2.39. The molecule has 9 heteroatoms. The number of amides is 2. The number of carbonyl (C=O) groups excluding carboxylic acids is 2. The highest BCUT2D eigenvalue weighted by Gasteiger charge is 2.18. The maximum Gasteiger partial charge on any atom is 0.433 e. The quantitative estimate of drug-likeness (QED) is 0.373. The summed E-state index contributed by atoms with van der Waals surface area (Å²) in [6.07, 6.45) is 1.62. The Balaban J connectivity index is 2.03. The fraction of sp³-hybridized carbons (Fsp3) is 0.300. The summed E-state index contributed by atoms with van der Waals surface area (Å²) >= 11 is 0. The third-order valence-electron chi connectivity index (χ3n) is 2.39. The molecule has 0 saturated carbocycles. The second-order valence-electron chi connectivity index (χ2n) is 3.71. The van der Waals surface area contributed by atoms with E-state index in [0.29, 0.717) is 13.1 Å². The van der Waals surface area contributed by atoms with Gasteiger partial charge in [0.2, 0.25) is 5.78 Å². The summed E-state index contributed by atoms with van der Waals surface area (Å²) in [7, 11) is 0. The molecule has 1 aliphatic rings. The Morgan fingerprint density at radius 3 is 3.00 bits per heavy atom. The van der Waals surface area contributed by atoms with Crippen LogP contribution < -0.4 is 5.32 Å². The van der Waals surface area contributed by atoms with Crippen LogP contribution in [-0.2, 0) is 0 Å². The largest absolute Gasteiger partial charge is 0.433 e. The highest BCUT2D eigenvalue weighted by atomic mass is 16.6. The Hall–Kier alpha value is -2.71. The minimum atomic E-state index is -0.744. The van der Waals surface area contributed by atoms with Gasteiger partial charge in [-0.05, 0) is 12.5 Å². The molecule has 1 aromatic rings. The first-order valence-electron chi connectivity index (χ1n) is 5.46. The number of Topliss-reactive ketones (excluding diaryl/α,β-unsaturated/α-hetero) is 1. The van der Waals surface area contributed by atoms with Crippen LogP contribution in [0.4, 0.5) is 10.7 Å². The minimum absolute atomic E-state index is 0.201. The van der Waals surface area contributed by atoms with Gasteiger partial charge in [0.25, 0.3) is 0 Å². The van der Waals surface area contributed by atoms with E-state index < -0.39 is 16.6 Å². The summed E-state index contributed by atoms with van der Waals surface area (Å²) in [5.41, 5.74) is 0. The van der Waals surface area contributed by atoms with Crippen molar-refractivity contribution in [2.24, 2.45) is 5.10 Å². The number of ketones is 1. The first-order chi connectivity index (χ1) is 9.08. The molecule has 0 bridgehead atoms. The highest BCUT2D eigenvalue weighted by molar-refractivity contribution is 6.34. The van der Waals surface area contributed by atoms with E-state index in [-0.39, 0.29) is 11.8 Å². The number of nitrogens with one attached hydrogen (secondary N) is 1. The number of hydrazone groups is 1. The van der Waals surface area contributed by atoms with Gasteiger partial charge in [0, 0.05) is 13.1 Å². The van der Waals surface area contributed by atoms with Crippen molar-refractivity contribution in [1.82, 2.24) is 10.3 Å². The lowest BCUT2D eigenvalue weighted by Crippen LogP contribution is -2.43. The Labute approximate surface area is 107 Å². The molecule has 1 N–H and O–H groups in total. The number of rotatable bonds is 4. The van der Waals surface area contributed by atoms with Crippen LogP contribution >= 0.6 is 0 Å². The summed E-state index contributed by atoms with van der Waals surface area (Å²) in [6.45, 7) is 0.983. The first kappa shape index (κ1) is 12.7. The molecule has 9 nitrogen and oxygen atoms in total. The average molecular weight is 266 g/mol. The Bertz CT molecular complexity index is 550. The van der Waals surface area contributed by atoms with E-state index in [1.165, 1.54) is 6.07 Å². The van der Waals surface area contributed by atoms with Crippen LogP contribution in [-0.4, -0.2) is 41.1 Å². The smallest absolute Gasteiger partial charge is 0.397 e. The van der Waals surface area contributed by atoms with Crippen molar-refractivity contribution in [1.29, 1.82) is 0 Å². The normalized spacial score (nSPS) is 15.6. The molecular formula is C10H10N4O5. The van der Waals surface area contributed by atoms with Gasteiger partial charge < -0.3 is 9.73 Å². The van der Waals surface area contributed by atoms with Crippen LogP contribution in [0.25, 0.3) is 0 Å². The van der Waals surface area contributed by atoms with Gasteiger partial charge in [-0.1, -0.05) is 0 Å². The van der Waals surface area contributed by atoms with Crippen LogP contribution in [0.2, 0.25) is 0 Å². The maximum atomic E-state index is 11.6. The monoisotopic (exact) mass is 266 g/mol. The lowest BCUT2D eigenvalue weighted by Gasteiger charge is -2.22. The number of nitro groups is 1.